The van der Waals surface area contributed by atoms with Crippen LogP contribution in [0.1, 0.15) is 25.8 Å². The van der Waals surface area contributed by atoms with E-state index in [2.05, 4.69) is 18.6 Å². The summed E-state index contributed by atoms with van der Waals surface area (Å²) in [4.78, 5) is 0.240. The van der Waals surface area contributed by atoms with Crippen molar-refractivity contribution in [3.63, 3.8) is 0 Å². The van der Waals surface area contributed by atoms with Gasteiger partial charge in [0.05, 0.1) is 11.5 Å². The van der Waals surface area contributed by atoms with Crippen LogP contribution in [0.3, 0.4) is 0 Å². The van der Waals surface area contributed by atoms with E-state index in [1.807, 2.05) is 0 Å². The Kier molecular flexibility index (Phi) is 7.15. The fourth-order valence-corrected chi connectivity index (χ4v) is 2.94. The summed E-state index contributed by atoms with van der Waals surface area (Å²) in [5, 5.41) is 0. The van der Waals surface area contributed by atoms with Gasteiger partial charge in [-0.1, -0.05) is 32.0 Å². The van der Waals surface area contributed by atoms with Crippen LogP contribution in [0.5, 0.6) is 0 Å². The predicted molar refractivity (Wildman–Crippen MR) is 79.8 cm³/mol. The zero-order valence-corrected chi connectivity index (χ0v) is 12.9. The van der Waals surface area contributed by atoms with Crippen molar-refractivity contribution in [2.24, 2.45) is 11.7 Å². The number of nitrogens with one attached hydrogen (secondary N) is 1. The molecule has 3 N–H and O–H groups in total. The SMILES string of the molecule is CC(C)CCOCCNS(=O)(=O)c1ccccc1CN. The molecule has 1 aromatic carbocycles. The molecule has 1 rings (SSSR count). The molecule has 0 saturated heterocycles. The summed E-state index contributed by atoms with van der Waals surface area (Å²) in [7, 11) is -3.52. The highest BCUT2D eigenvalue weighted by Crippen LogP contribution is 2.14. The van der Waals surface area contributed by atoms with Crippen LogP contribution in [0.15, 0.2) is 29.2 Å². The fraction of sp³-hybridized carbons (Fsp3) is 0.571. The molecule has 0 atom stereocenters. The predicted octanol–water partition coefficient (Wildman–Crippen LogP) is 1.49. The molecule has 6 heteroatoms. The topological polar surface area (TPSA) is 81.4 Å². The molecule has 0 aromatic heterocycles. The summed E-state index contributed by atoms with van der Waals surface area (Å²) in [5.74, 6) is 0.586. The number of nitrogens with two attached hydrogens (primary N) is 1. The van der Waals surface area contributed by atoms with E-state index in [9.17, 15) is 8.42 Å². The zero-order valence-electron chi connectivity index (χ0n) is 12.1. The molecule has 0 amide bonds. The third-order valence-corrected chi connectivity index (χ3v) is 4.42. The van der Waals surface area contributed by atoms with Crippen molar-refractivity contribution in [2.75, 3.05) is 19.8 Å². The lowest BCUT2D eigenvalue weighted by molar-refractivity contribution is 0.128. The standard InChI is InChI=1S/C14H24N2O3S/c1-12(2)7-9-19-10-8-16-20(17,18)14-6-4-3-5-13(14)11-15/h3-6,12,16H,7-11,15H2,1-2H3. The van der Waals surface area contributed by atoms with E-state index < -0.39 is 10.0 Å². The minimum Gasteiger partial charge on any atom is -0.380 e. The second-order valence-corrected chi connectivity index (χ2v) is 6.74. The molecule has 0 aliphatic carbocycles. The lowest BCUT2D eigenvalue weighted by Gasteiger charge is -2.11. The normalized spacial score (nSPS) is 12.0. The molecule has 114 valence electrons. The summed E-state index contributed by atoms with van der Waals surface area (Å²) < 4.78 is 32.2. The maximum atomic E-state index is 12.1. The van der Waals surface area contributed by atoms with Gasteiger partial charge in [0.2, 0.25) is 10.0 Å². The number of hydrogen-bond acceptors (Lipinski definition) is 4. The highest BCUT2D eigenvalue weighted by molar-refractivity contribution is 7.89. The van der Waals surface area contributed by atoms with Gasteiger partial charge in [-0.15, -0.1) is 0 Å². The lowest BCUT2D eigenvalue weighted by Crippen LogP contribution is -2.28. The highest BCUT2D eigenvalue weighted by Gasteiger charge is 2.16. The van der Waals surface area contributed by atoms with Gasteiger partial charge in [-0.3, -0.25) is 0 Å². The smallest absolute Gasteiger partial charge is 0.240 e. The van der Waals surface area contributed by atoms with Crippen LogP contribution in [0.25, 0.3) is 0 Å². The molecule has 0 bridgehead atoms. The van der Waals surface area contributed by atoms with Crippen LogP contribution in [0.2, 0.25) is 0 Å². The molecular weight excluding hydrogens is 276 g/mol. The van der Waals surface area contributed by atoms with Gasteiger partial charge >= 0.3 is 0 Å². The second kappa shape index (κ2) is 8.36. The molecule has 20 heavy (non-hydrogen) atoms. The Hall–Kier alpha value is -0.950. The van der Waals surface area contributed by atoms with E-state index in [4.69, 9.17) is 10.5 Å². The van der Waals surface area contributed by atoms with Crippen LogP contribution in [0, 0.1) is 5.92 Å². The molecule has 0 heterocycles. The second-order valence-electron chi connectivity index (χ2n) is 5.00. The van der Waals surface area contributed by atoms with Crippen molar-refractivity contribution < 1.29 is 13.2 Å². The maximum absolute atomic E-state index is 12.1. The quantitative estimate of drug-likeness (QED) is 0.677. The van der Waals surface area contributed by atoms with Crippen LogP contribution in [-0.4, -0.2) is 28.2 Å². The molecule has 0 aliphatic heterocycles. The van der Waals surface area contributed by atoms with Gasteiger partial charge in [-0.05, 0) is 24.0 Å². The summed E-state index contributed by atoms with van der Waals surface area (Å²) in [6, 6.07) is 6.74. The largest absolute Gasteiger partial charge is 0.380 e. The summed E-state index contributed by atoms with van der Waals surface area (Å²) in [6.45, 7) is 5.72. The minimum atomic E-state index is -3.52. The maximum Gasteiger partial charge on any atom is 0.240 e. The lowest BCUT2D eigenvalue weighted by atomic mass is 10.1. The molecule has 0 unspecified atom stereocenters. The Balaban J connectivity index is 2.46. The van der Waals surface area contributed by atoms with Crippen LogP contribution < -0.4 is 10.5 Å². The third kappa shape index (κ3) is 5.58. The summed E-state index contributed by atoms with van der Waals surface area (Å²) >= 11 is 0. The molecular formula is C14H24N2O3S. The van der Waals surface area contributed by atoms with Crippen molar-refractivity contribution in [1.82, 2.24) is 4.72 Å². The molecule has 1 aromatic rings. The van der Waals surface area contributed by atoms with Gasteiger partial charge in [0.15, 0.2) is 0 Å². The fourth-order valence-electron chi connectivity index (χ4n) is 1.68. The van der Waals surface area contributed by atoms with E-state index in [0.717, 1.165) is 6.42 Å². The van der Waals surface area contributed by atoms with Crippen LogP contribution >= 0.6 is 0 Å². The average molecular weight is 300 g/mol. The number of rotatable bonds is 9. The third-order valence-electron chi connectivity index (χ3n) is 2.86. The zero-order chi connectivity index (χ0) is 15.0. The van der Waals surface area contributed by atoms with Crippen molar-refractivity contribution in [1.29, 1.82) is 0 Å². The van der Waals surface area contributed by atoms with Crippen LogP contribution in [0.4, 0.5) is 0 Å². The van der Waals surface area contributed by atoms with Crippen molar-refractivity contribution >= 4 is 10.0 Å². The van der Waals surface area contributed by atoms with Gasteiger partial charge in [-0.2, -0.15) is 0 Å². The Morgan fingerprint density at radius 3 is 2.60 bits per heavy atom. The first kappa shape index (κ1) is 17.1. The molecule has 0 spiro atoms. The average Bonchev–Trinajstić information content (AvgIpc) is 2.42. The first-order valence-corrected chi connectivity index (χ1v) is 8.31. The molecule has 0 radical (unpaired) electrons. The monoisotopic (exact) mass is 300 g/mol. The summed E-state index contributed by atoms with van der Waals surface area (Å²) in [5.41, 5.74) is 6.16. The first-order chi connectivity index (χ1) is 9.47. The van der Waals surface area contributed by atoms with Gasteiger partial charge in [0, 0.05) is 19.7 Å². The molecule has 5 nitrogen and oxygen atoms in total. The van der Waals surface area contributed by atoms with E-state index in [1.165, 1.54) is 0 Å². The number of sulfonamides is 1. The highest BCUT2D eigenvalue weighted by atomic mass is 32.2. The molecule has 0 aliphatic rings. The number of benzene rings is 1. The van der Waals surface area contributed by atoms with Gasteiger partial charge in [0.25, 0.3) is 0 Å². The van der Waals surface area contributed by atoms with Crippen molar-refractivity contribution in [3.05, 3.63) is 29.8 Å². The van der Waals surface area contributed by atoms with Gasteiger partial charge in [0.1, 0.15) is 0 Å². The van der Waals surface area contributed by atoms with Crippen LogP contribution in [-0.2, 0) is 21.3 Å². The minimum absolute atomic E-state index is 0.196. The molecule has 0 fully saturated rings. The number of hydrogen-bond donors (Lipinski definition) is 2. The van der Waals surface area contributed by atoms with E-state index in [0.29, 0.717) is 24.7 Å². The Morgan fingerprint density at radius 1 is 1.25 bits per heavy atom. The first-order valence-electron chi connectivity index (χ1n) is 6.82. The van der Waals surface area contributed by atoms with Crippen molar-refractivity contribution in [3.8, 4) is 0 Å². The van der Waals surface area contributed by atoms with E-state index in [-0.39, 0.29) is 18.0 Å². The Morgan fingerprint density at radius 2 is 1.95 bits per heavy atom. The van der Waals surface area contributed by atoms with E-state index >= 15 is 0 Å². The molecule has 0 saturated carbocycles. The van der Waals surface area contributed by atoms with Gasteiger partial charge in [-0.25, -0.2) is 13.1 Å². The number of ether oxygens (including phenoxy) is 1. The van der Waals surface area contributed by atoms with E-state index in [1.54, 1.807) is 24.3 Å². The Labute approximate surface area is 121 Å². The van der Waals surface area contributed by atoms with Crippen molar-refractivity contribution in [2.45, 2.75) is 31.7 Å². The Bertz CT molecular complexity index is 501. The summed E-state index contributed by atoms with van der Waals surface area (Å²) in [6.07, 6.45) is 0.975. The van der Waals surface area contributed by atoms with Gasteiger partial charge < -0.3 is 10.5 Å².